The number of hydrogen-bond acceptors (Lipinski definition) is 3. The lowest BCUT2D eigenvalue weighted by Gasteiger charge is -2.32. The van der Waals surface area contributed by atoms with Gasteiger partial charge in [-0.25, -0.2) is 4.98 Å². The molecule has 3 aromatic rings. The molecule has 0 bridgehead atoms. The third-order valence-corrected chi connectivity index (χ3v) is 5.97. The van der Waals surface area contributed by atoms with E-state index >= 15 is 0 Å². The van der Waals surface area contributed by atoms with E-state index in [-0.39, 0.29) is 17.4 Å². The van der Waals surface area contributed by atoms with Crippen molar-refractivity contribution in [3.05, 3.63) is 62.5 Å². The van der Waals surface area contributed by atoms with Crippen molar-refractivity contribution in [3.63, 3.8) is 0 Å². The van der Waals surface area contributed by atoms with Crippen LogP contribution in [0.3, 0.4) is 0 Å². The second-order valence-corrected chi connectivity index (χ2v) is 8.34. The summed E-state index contributed by atoms with van der Waals surface area (Å²) in [6, 6.07) is 5.90. The number of hydrogen-bond donors (Lipinski definition) is 2. The molecule has 0 radical (unpaired) electrons. The highest BCUT2D eigenvalue weighted by Crippen LogP contribution is 2.29. The number of aromatic nitrogens is 3. The summed E-state index contributed by atoms with van der Waals surface area (Å²) in [6.07, 6.45) is 2.27. The molecule has 1 aromatic carbocycles. The van der Waals surface area contributed by atoms with Gasteiger partial charge in [-0.1, -0.05) is 11.6 Å². The summed E-state index contributed by atoms with van der Waals surface area (Å²) in [5.41, 5.74) is 6.34. The van der Waals surface area contributed by atoms with Gasteiger partial charge in [0.05, 0.1) is 12.1 Å². The summed E-state index contributed by atoms with van der Waals surface area (Å²) in [5.74, 6) is 0.873. The fourth-order valence-corrected chi connectivity index (χ4v) is 4.58. The molecule has 6 nitrogen and oxygen atoms in total. The second kappa shape index (κ2) is 7.50. The van der Waals surface area contributed by atoms with E-state index in [9.17, 15) is 9.59 Å². The molecule has 1 aliphatic rings. The predicted octanol–water partition coefficient (Wildman–Crippen LogP) is 3.43. The molecule has 1 amide bonds. The van der Waals surface area contributed by atoms with Crippen molar-refractivity contribution in [1.29, 1.82) is 0 Å². The van der Waals surface area contributed by atoms with E-state index in [1.807, 2.05) is 11.8 Å². The average Bonchev–Trinajstić information content (AvgIpc) is 2.97. The number of benzene rings is 1. The Balaban J connectivity index is 1.57. The minimum Gasteiger partial charge on any atom is -0.358 e. The van der Waals surface area contributed by atoms with E-state index in [0.717, 1.165) is 47.2 Å². The van der Waals surface area contributed by atoms with Gasteiger partial charge in [-0.15, -0.1) is 0 Å². The van der Waals surface area contributed by atoms with Crippen LogP contribution in [-0.4, -0.2) is 38.8 Å². The van der Waals surface area contributed by atoms with Crippen LogP contribution in [0.2, 0.25) is 0 Å². The Hall–Kier alpha value is -2.89. The Kier molecular flexibility index (Phi) is 5.03. The summed E-state index contributed by atoms with van der Waals surface area (Å²) in [4.78, 5) is 37.6. The fourth-order valence-electron chi connectivity index (χ4n) is 4.58. The van der Waals surface area contributed by atoms with E-state index < -0.39 is 0 Å². The van der Waals surface area contributed by atoms with E-state index in [1.165, 1.54) is 11.1 Å². The van der Waals surface area contributed by atoms with Crippen LogP contribution >= 0.6 is 0 Å². The van der Waals surface area contributed by atoms with Gasteiger partial charge in [0.25, 0.3) is 5.56 Å². The predicted molar refractivity (Wildman–Crippen MR) is 114 cm³/mol. The quantitative estimate of drug-likeness (QED) is 0.716. The van der Waals surface area contributed by atoms with Crippen LogP contribution in [0.15, 0.2) is 23.0 Å². The first-order chi connectivity index (χ1) is 13.8. The van der Waals surface area contributed by atoms with Gasteiger partial charge in [0.1, 0.15) is 5.82 Å². The summed E-state index contributed by atoms with van der Waals surface area (Å²) < 4.78 is 0. The smallest absolute Gasteiger partial charge is 0.251 e. The number of aryl methyl sites for hydroxylation is 4. The lowest BCUT2D eigenvalue weighted by Crippen LogP contribution is -2.40. The highest BCUT2D eigenvalue weighted by Gasteiger charge is 2.27. The van der Waals surface area contributed by atoms with Gasteiger partial charge in [0.15, 0.2) is 0 Å². The van der Waals surface area contributed by atoms with E-state index in [1.54, 1.807) is 13.0 Å². The molecule has 0 saturated carbocycles. The SMILES string of the molecule is Cc1cc(C)c2[nH]c(C)c(CC(=O)N3CCCC(c4cc(=O)[nH]c(C)n4)C3)c2c1. The topological polar surface area (TPSA) is 81.9 Å². The minimum atomic E-state index is -0.129. The Bertz CT molecular complexity index is 1140. The van der Waals surface area contributed by atoms with Gasteiger partial charge < -0.3 is 14.9 Å². The molecule has 1 atom stereocenters. The maximum Gasteiger partial charge on any atom is 0.251 e. The number of amides is 1. The molecular formula is C23H28N4O2. The average molecular weight is 393 g/mol. The molecule has 1 fully saturated rings. The molecule has 29 heavy (non-hydrogen) atoms. The van der Waals surface area contributed by atoms with Crippen LogP contribution in [0.1, 0.15) is 52.7 Å². The molecule has 6 heteroatoms. The van der Waals surface area contributed by atoms with Crippen molar-refractivity contribution in [2.45, 2.75) is 52.9 Å². The van der Waals surface area contributed by atoms with Crippen molar-refractivity contribution in [3.8, 4) is 0 Å². The Morgan fingerprint density at radius 3 is 2.72 bits per heavy atom. The maximum atomic E-state index is 13.2. The van der Waals surface area contributed by atoms with Gasteiger partial charge in [0, 0.05) is 41.7 Å². The third-order valence-electron chi connectivity index (χ3n) is 5.97. The first-order valence-corrected chi connectivity index (χ1v) is 10.3. The zero-order valence-corrected chi connectivity index (χ0v) is 17.6. The summed E-state index contributed by atoms with van der Waals surface area (Å²) in [5, 5.41) is 1.15. The van der Waals surface area contributed by atoms with Crippen molar-refractivity contribution in [2.24, 2.45) is 0 Å². The normalized spacial score (nSPS) is 17.1. The van der Waals surface area contributed by atoms with E-state index in [4.69, 9.17) is 0 Å². The van der Waals surface area contributed by atoms with Crippen LogP contribution in [0.25, 0.3) is 10.9 Å². The highest BCUT2D eigenvalue weighted by molar-refractivity contribution is 5.92. The Morgan fingerprint density at radius 2 is 1.97 bits per heavy atom. The number of rotatable bonds is 3. The number of piperidine rings is 1. The number of likely N-dealkylation sites (tertiary alicyclic amines) is 1. The first kappa shape index (κ1) is 19.4. The van der Waals surface area contributed by atoms with Crippen LogP contribution in [0.4, 0.5) is 0 Å². The number of nitrogens with zero attached hydrogens (tertiary/aromatic N) is 2. The van der Waals surface area contributed by atoms with Gasteiger partial charge in [0.2, 0.25) is 5.91 Å². The van der Waals surface area contributed by atoms with Crippen LogP contribution < -0.4 is 5.56 Å². The largest absolute Gasteiger partial charge is 0.358 e. The molecule has 0 aliphatic carbocycles. The third kappa shape index (κ3) is 3.84. The molecule has 4 rings (SSSR count). The number of carbonyl (C=O) groups excluding carboxylic acids is 1. The molecule has 1 saturated heterocycles. The van der Waals surface area contributed by atoms with Crippen molar-refractivity contribution < 1.29 is 4.79 Å². The number of carbonyl (C=O) groups is 1. The zero-order valence-electron chi connectivity index (χ0n) is 17.6. The maximum absolute atomic E-state index is 13.2. The van der Waals surface area contributed by atoms with Gasteiger partial charge in [-0.05, 0) is 57.7 Å². The van der Waals surface area contributed by atoms with Crippen molar-refractivity contribution >= 4 is 16.8 Å². The van der Waals surface area contributed by atoms with Crippen LogP contribution in [-0.2, 0) is 11.2 Å². The monoisotopic (exact) mass is 392 g/mol. The summed E-state index contributed by atoms with van der Waals surface area (Å²) >= 11 is 0. The van der Waals surface area contributed by atoms with Crippen molar-refractivity contribution in [2.75, 3.05) is 13.1 Å². The molecule has 0 spiro atoms. The zero-order chi connectivity index (χ0) is 20.7. The lowest BCUT2D eigenvalue weighted by molar-refractivity contribution is -0.131. The summed E-state index contributed by atoms with van der Waals surface area (Å²) in [6.45, 7) is 9.40. The second-order valence-electron chi connectivity index (χ2n) is 8.34. The Labute approximate surface area is 170 Å². The number of aromatic amines is 2. The molecule has 152 valence electrons. The van der Waals surface area contributed by atoms with E-state index in [0.29, 0.717) is 18.8 Å². The Morgan fingerprint density at radius 1 is 1.17 bits per heavy atom. The van der Waals surface area contributed by atoms with Crippen molar-refractivity contribution in [1.82, 2.24) is 19.9 Å². The number of nitrogens with one attached hydrogen (secondary N) is 2. The molecule has 1 unspecified atom stereocenters. The number of fused-ring (bicyclic) bond motifs is 1. The molecule has 1 aliphatic heterocycles. The minimum absolute atomic E-state index is 0.113. The van der Waals surface area contributed by atoms with Gasteiger partial charge in [-0.3, -0.25) is 9.59 Å². The lowest BCUT2D eigenvalue weighted by atomic mass is 9.93. The van der Waals surface area contributed by atoms with Crippen LogP contribution in [0.5, 0.6) is 0 Å². The highest BCUT2D eigenvalue weighted by atomic mass is 16.2. The fraction of sp³-hybridized carbons (Fsp3) is 0.435. The first-order valence-electron chi connectivity index (χ1n) is 10.3. The summed E-state index contributed by atoms with van der Waals surface area (Å²) in [7, 11) is 0. The van der Waals surface area contributed by atoms with Gasteiger partial charge in [-0.2, -0.15) is 0 Å². The molecular weight excluding hydrogens is 364 g/mol. The molecule has 2 aromatic heterocycles. The standard InChI is InChI=1S/C23H28N4O2/c1-13-8-14(2)23-19(9-13)18(15(3)24-23)10-22(29)27-7-5-6-17(12-27)20-11-21(28)26-16(4)25-20/h8-9,11,17,24H,5-7,10,12H2,1-4H3,(H,25,26,28). The van der Waals surface area contributed by atoms with E-state index in [2.05, 4.69) is 40.9 Å². The van der Waals surface area contributed by atoms with Crippen LogP contribution in [0, 0.1) is 27.7 Å². The number of H-pyrrole nitrogens is 2. The molecule has 2 N–H and O–H groups in total. The van der Waals surface area contributed by atoms with Gasteiger partial charge >= 0.3 is 0 Å². The molecule has 3 heterocycles.